The molecule has 0 aliphatic carbocycles. The smallest absolute Gasteiger partial charge is 0.356 e. The molecule has 98 valence electrons. The Morgan fingerprint density at radius 2 is 1.79 bits per heavy atom. The van der Waals surface area contributed by atoms with Gasteiger partial charge in [-0.25, -0.2) is 9.59 Å². The van der Waals surface area contributed by atoms with Crippen LogP contribution < -0.4 is 0 Å². The summed E-state index contributed by atoms with van der Waals surface area (Å²) in [6.07, 6.45) is 0. The molecule has 0 saturated carbocycles. The van der Waals surface area contributed by atoms with Gasteiger partial charge in [0, 0.05) is 6.07 Å². The fourth-order valence-electron chi connectivity index (χ4n) is 1.83. The highest BCUT2D eigenvalue weighted by Crippen LogP contribution is 2.20. The topological polar surface area (TPSA) is 92.4 Å². The van der Waals surface area contributed by atoms with Gasteiger partial charge in [-0.2, -0.15) is 5.10 Å². The Labute approximate surface area is 108 Å². The van der Waals surface area contributed by atoms with Crippen molar-refractivity contribution >= 4 is 11.9 Å². The maximum atomic E-state index is 11.1. The molecular weight excluding hydrogens is 248 g/mol. The lowest BCUT2D eigenvalue weighted by Gasteiger charge is -2.14. The number of aromatic nitrogens is 2. The summed E-state index contributed by atoms with van der Waals surface area (Å²) in [7, 11) is 0. The van der Waals surface area contributed by atoms with Crippen LogP contribution in [-0.2, 0) is 0 Å². The van der Waals surface area contributed by atoms with Crippen LogP contribution in [0.15, 0.2) is 36.4 Å². The van der Waals surface area contributed by atoms with Crippen LogP contribution in [0.4, 0.5) is 0 Å². The van der Waals surface area contributed by atoms with Crippen molar-refractivity contribution in [2.24, 2.45) is 0 Å². The van der Waals surface area contributed by atoms with Gasteiger partial charge in [0.15, 0.2) is 5.69 Å². The molecule has 2 aromatic rings. The van der Waals surface area contributed by atoms with Crippen LogP contribution in [0.2, 0.25) is 0 Å². The lowest BCUT2D eigenvalue weighted by Crippen LogP contribution is -2.15. The number of carboxylic acids is 2. The maximum Gasteiger partial charge on any atom is 0.356 e. The van der Waals surface area contributed by atoms with Crippen molar-refractivity contribution in [3.63, 3.8) is 0 Å². The molecule has 0 saturated heterocycles. The molecule has 1 aromatic carbocycles. The van der Waals surface area contributed by atoms with E-state index in [1.807, 2.05) is 30.3 Å². The average Bonchev–Trinajstić information content (AvgIpc) is 2.84. The van der Waals surface area contributed by atoms with Gasteiger partial charge >= 0.3 is 11.9 Å². The Balaban J connectivity index is 2.49. The van der Waals surface area contributed by atoms with Gasteiger partial charge in [0.1, 0.15) is 5.69 Å². The van der Waals surface area contributed by atoms with Crippen LogP contribution in [0.3, 0.4) is 0 Å². The van der Waals surface area contributed by atoms with Crippen molar-refractivity contribution in [1.29, 1.82) is 0 Å². The van der Waals surface area contributed by atoms with Gasteiger partial charge in [0.2, 0.25) is 0 Å². The molecule has 0 bridgehead atoms. The molecule has 6 heteroatoms. The van der Waals surface area contributed by atoms with Crippen LogP contribution in [0.25, 0.3) is 0 Å². The van der Waals surface area contributed by atoms with Crippen LogP contribution >= 0.6 is 0 Å². The number of rotatable bonds is 4. The molecule has 19 heavy (non-hydrogen) atoms. The van der Waals surface area contributed by atoms with Crippen molar-refractivity contribution in [2.75, 3.05) is 0 Å². The van der Waals surface area contributed by atoms with E-state index in [-0.39, 0.29) is 17.4 Å². The minimum Gasteiger partial charge on any atom is -0.477 e. The summed E-state index contributed by atoms with van der Waals surface area (Å²) in [6.45, 7) is 1.76. The second kappa shape index (κ2) is 4.93. The monoisotopic (exact) mass is 260 g/mol. The molecular formula is C13H12N2O4. The molecule has 1 aromatic heterocycles. The van der Waals surface area contributed by atoms with Gasteiger partial charge in [-0.15, -0.1) is 0 Å². The fraction of sp³-hybridized carbons (Fsp3) is 0.154. The van der Waals surface area contributed by atoms with Crippen LogP contribution in [0, 0.1) is 0 Å². The molecule has 0 fully saturated rings. The Bertz CT molecular complexity index is 619. The van der Waals surface area contributed by atoms with Crippen LogP contribution in [0.1, 0.15) is 39.5 Å². The van der Waals surface area contributed by atoms with E-state index in [0.29, 0.717) is 0 Å². The molecule has 2 rings (SSSR count). The van der Waals surface area contributed by atoms with Gasteiger partial charge < -0.3 is 10.2 Å². The number of aromatic carboxylic acids is 2. The van der Waals surface area contributed by atoms with Gasteiger partial charge in [-0.3, -0.25) is 4.68 Å². The van der Waals surface area contributed by atoms with Gasteiger partial charge in [0.25, 0.3) is 0 Å². The highest BCUT2D eigenvalue weighted by atomic mass is 16.4. The molecule has 0 aliphatic heterocycles. The van der Waals surface area contributed by atoms with E-state index < -0.39 is 11.9 Å². The summed E-state index contributed by atoms with van der Waals surface area (Å²) in [5.41, 5.74) is 0.430. The third-order valence-corrected chi connectivity index (χ3v) is 2.82. The Morgan fingerprint density at radius 1 is 1.16 bits per heavy atom. The zero-order chi connectivity index (χ0) is 14.0. The first kappa shape index (κ1) is 12.8. The lowest BCUT2D eigenvalue weighted by molar-refractivity contribution is 0.0674. The standard InChI is InChI=1S/C13H12N2O4/c1-8(9-5-3-2-4-6-9)15-11(13(18)19)7-10(14-15)12(16)17/h2-8H,1H3,(H,16,17)(H,18,19). The zero-order valence-electron chi connectivity index (χ0n) is 10.1. The second-order valence-corrected chi connectivity index (χ2v) is 4.06. The minimum absolute atomic E-state index is 0.145. The molecule has 0 amide bonds. The van der Waals surface area contributed by atoms with Crippen molar-refractivity contribution in [3.05, 3.63) is 53.3 Å². The molecule has 0 radical (unpaired) electrons. The van der Waals surface area contributed by atoms with E-state index in [1.54, 1.807) is 6.92 Å². The summed E-state index contributed by atoms with van der Waals surface area (Å²) < 4.78 is 1.21. The summed E-state index contributed by atoms with van der Waals surface area (Å²) in [4.78, 5) is 22.0. The van der Waals surface area contributed by atoms with E-state index >= 15 is 0 Å². The molecule has 1 atom stereocenters. The van der Waals surface area contributed by atoms with Gasteiger partial charge in [-0.05, 0) is 12.5 Å². The predicted molar refractivity (Wildman–Crippen MR) is 66.4 cm³/mol. The molecule has 1 heterocycles. The van der Waals surface area contributed by atoms with Crippen LogP contribution in [-0.4, -0.2) is 31.9 Å². The van der Waals surface area contributed by atoms with Gasteiger partial charge in [0.05, 0.1) is 6.04 Å². The first-order valence-corrected chi connectivity index (χ1v) is 5.61. The SMILES string of the molecule is CC(c1ccccc1)n1nc(C(=O)O)cc1C(=O)O. The van der Waals surface area contributed by atoms with E-state index in [1.165, 1.54) is 4.68 Å². The quantitative estimate of drug-likeness (QED) is 0.875. The largest absolute Gasteiger partial charge is 0.477 e. The zero-order valence-corrected chi connectivity index (χ0v) is 10.1. The van der Waals surface area contributed by atoms with E-state index in [2.05, 4.69) is 5.10 Å². The number of hydrogen-bond acceptors (Lipinski definition) is 3. The number of carbonyl (C=O) groups is 2. The molecule has 6 nitrogen and oxygen atoms in total. The highest BCUT2D eigenvalue weighted by molar-refractivity contribution is 5.91. The first-order chi connectivity index (χ1) is 9.00. The van der Waals surface area contributed by atoms with Crippen molar-refractivity contribution in [2.45, 2.75) is 13.0 Å². The first-order valence-electron chi connectivity index (χ1n) is 5.61. The van der Waals surface area contributed by atoms with E-state index in [4.69, 9.17) is 10.2 Å². The van der Waals surface area contributed by atoms with Crippen molar-refractivity contribution < 1.29 is 19.8 Å². The number of hydrogen-bond donors (Lipinski definition) is 2. The van der Waals surface area contributed by atoms with Crippen molar-refractivity contribution in [1.82, 2.24) is 9.78 Å². The van der Waals surface area contributed by atoms with E-state index in [0.717, 1.165) is 11.6 Å². The van der Waals surface area contributed by atoms with E-state index in [9.17, 15) is 9.59 Å². The Hall–Kier alpha value is -2.63. The highest BCUT2D eigenvalue weighted by Gasteiger charge is 2.21. The third-order valence-electron chi connectivity index (χ3n) is 2.82. The summed E-state index contributed by atoms with van der Waals surface area (Å²) in [5.74, 6) is -2.45. The molecule has 0 aliphatic rings. The second-order valence-electron chi connectivity index (χ2n) is 4.06. The van der Waals surface area contributed by atoms with Gasteiger partial charge in [-0.1, -0.05) is 30.3 Å². The average molecular weight is 260 g/mol. The number of carboxylic acid groups (broad SMARTS) is 2. The normalized spacial score (nSPS) is 12.1. The minimum atomic E-state index is -1.25. The Kier molecular flexibility index (Phi) is 3.33. The maximum absolute atomic E-state index is 11.1. The third kappa shape index (κ3) is 2.47. The molecule has 0 spiro atoms. The lowest BCUT2D eigenvalue weighted by atomic mass is 10.1. The molecule has 2 N–H and O–H groups in total. The summed E-state index contributed by atoms with van der Waals surface area (Å²) in [6, 6.07) is 9.86. The fourth-order valence-corrected chi connectivity index (χ4v) is 1.83. The predicted octanol–water partition coefficient (Wildman–Crippen LogP) is 1.89. The summed E-state index contributed by atoms with van der Waals surface area (Å²) >= 11 is 0. The van der Waals surface area contributed by atoms with Crippen LogP contribution in [0.5, 0.6) is 0 Å². The van der Waals surface area contributed by atoms with Crippen molar-refractivity contribution in [3.8, 4) is 0 Å². The summed E-state index contributed by atoms with van der Waals surface area (Å²) in [5, 5.41) is 21.8. The number of benzene rings is 1. The Morgan fingerprint density at radius 3 is 2.32 bits per heavy atom. The molecule has 1 unspecified atom stereocenters. The number of nitrogens with zero attached hydrogens (tertiary/aromatic N) is 2.